The number of nitrogens with one attached hydrogen (secondary N) is 2. The van der Waals surface area contributed by atoms with Crippen LogP contribution in [0, 0.1) is 0 Å². The summed E-state index contributed by atoms with van der Waals surface area (Å²) in [6.45, 7) is 5.99. The third kappa shape index (κ3) is 9.87. The van der Waals surface area contributed by atoms with Gasteiger partial charge >= 0.3 is 12.0 Å². The van der Waals surface area contributed by atoms with Gasteiger partial charge in [-0.3, -0.25) is 9.59 Å². The Balaban J connectivity index is 3.85. The highest BCUT2D eigenvalue weighted by Gasteiger charge is 2.14. The zero-order valence-corrected chi connectivity index (χ0v) is 11.9. The molecule has 0 spiro atoms. The molecule has 0 aliphatic rings. The highest BCUT2D eigenvalue weighted by atomic mass is 16.4. The van der Waals surface area contributed by atoms with Crippen molar-refractivity contribution >= 4 is 17.9 Å². The van der Waals surface area contributed by atoms with Gasteiger partial charge in [0.1, 0.15) is 0 Å². The number of rotatable bonds is 6. The molecule has 0 bridgehead atoms. The summed E-state index contributed by atoms with van der Waals surface area (Å²) >= 11 is 0. The largest absolute Gasteiger partial charge is 0.481 e. The fourth-order valence-corrected chi connectivity index (χ4v) is 1.26. The molecule has 3 amide bonds. The number of hydrogen-bond acceptors (Lipinski definition) is 3. The molecule has 0 saturated heterocycles. The van der Waals surface area contributed by atoms with Crippen molar-refractivity contribution in [1.29, 1.82) is 0 Å². The first kappa shape index (κ1) is 17.2. The van der Waals surface area contributed by atoms with Crippen molar-refractivity contribution < 1.29 is 19.5 Å². The van der Waals surface area contributed by atoms with Gasteiger partial charge in [0, 0.05) is 32.1 Å². The Labute approximate surface area is 113 Å². The number of aliphatic carboxylic acids is 1. The number of carbonyl (C=O) groups is 3. The van der Waals surface area contributed by atoms with E-state index >= 15 is 0 Å². The maximum Gasteiger partial charge on any atom is 0.317 e. The molecule has 0 aromatic rings. The van der Waals surface area contributed by atoms with Crippen LogP contribution in [0.5, 0.6) is 0 Å². The third-order valence-corrected chi connectivity index (χ3v) is 2.15. The number of urea groups is 1. The number of nitrogens with zero attached hydrogens (tertiary/aromatic N) is 1. The summed E-state index contributed by atoms with van der Waals surface area (Å²) in [5.74, 6) is -1.09. The Hall–Kier alpha value is -1.79. The van der Waals surface area contributed by atoms with Crippen LogP contribution < -0.4 is 10.6 Å². The van der Waals surface area contributed by atoms with Crippen LogP contribution in [0.4, 0.5) is 4.79 Å². The lowest BCUT2D eigenvalue weighted by molar-refractivity contribution is -0.137. The van der Waals surface area contributed by atoms with E-state index in [-0.39, 0.29) is 43.4 Å². The lowest BCUT2D eigenvalue weighted by Gasteiger charge is -2.21. The van der Waals surface area contributed by atoms with Gasteiger partial charge in [-0.2, -0.15) is 0 Å². The molecule has 110 valence electrons. The predicted octanol–water partition coefficient (Wildman–Crippen LogP) is 0.407. The van der Waals surface area contributed by atoms with E-state index in [1.807, 2.05) is 20.8 Å². The van der Waals surface area contributed by atoms with Crippen LogP contribution in [0.15, 0.2) is 0 Å². The number of carbonyl (C=O) groups excluding carboxylic acids is 2. The molecule has 0 aromatic heterocycles. The maximum atomic E-state index is 11.5. The first-order valence-corrected chi connectivity index (χ1v) is 6.13. The summed E-state index contributed by atoms with van der Waals surface area (Å²) < 4.78 is 0. The molecule has 0 unspecified atom stereocenters. The number of hydrogen-bond donors (Lipinski definition) is 3. The Morgan fingerprint density at radius 3 is 2.21 bits per heavy atom. The van der Waals surface area contributed by atoms with Gasteiger partial charge in [0.15, 0.2) is 0 Å². The highest BCUT2D eigenvalue weighted by Crippen LogP contribution is 1.98. The minimum Gasteiger partial charge on any atom is -0.481 e. The Bertz CT molecular complexity index is 336. The molecule has 0 atom stereocenters. The van der Waals surface area contributed by atoms with Crippen molar-refractivity contribution in [2.24, 2.45) is 0 Å². The van der Waals surface area contributed by atoms with Crippen LogP contribution in [0.3, 0.4) is 0 Å². The molecule has 0 heterocycles. The zero-order chi connectivity index (χ0) is 15.1. The van der Waals surface area contributed by atoms with Crippen molar-refractivity contribution in [2.45, 2.75) is 39.2 Å². The molecule has 0 aliphatic carbocycles. The second kappa shape index (κ2) is 7.60. The molecule has 0 radical (unpaired) electrons. The van der Waals surface area contributed by atoms with E-state index in [4.69, 9.17) is 5.11 Å². The van der Waals surface area contributed by atoms with Crippen molar-refractivity contribution in [2.75, 3.05) is 20.1 Å². The smallest absolute Gasteiger partial charge is 0.317 e. The normalized spacial score (nSPS) is 10.7. The van der Waals surface area contributed by atoms with E-state index in [0.29, 0.717) is 0 Å². The first-order chi connectivity index (χ1) is 8.61. The van der Waals surface area contributed by atoms with Gasteiger partial charge in [0.2, 0.25) is 5.91 Å². The van der Waals surface area contributed by atoms with Gasteiger partial charge in [-0.1, -0.05) is 0 Å². The molecule has 3 N–H and O–H groups in total. The van der Waals surface area contributed by atoms with E-state index < -0.39 is 5.97 Å². The average molecular weight is 273 g/mol. The summed E-state index contributed by atoms with van der Waals surface area (Å²) in [5, 5.41) is 13.8. The van der Waals surface area contributed by atoms with Crippen molar-refractivity contribution in [1.82, 2.24) is 15.5 Å². The maximum absolute atomic E-state index is 11.5. The Kier molecular flexibility index (Phi) is 6.89. The fraction of sp³-hybridized carbons (Fsp3) is 0.750. The molecule has 0 aromatic carbocycles. The van der Waals surface area contributed by atoms with Crippen molar-refractivity contribution in [3.63, 3.8) is 0 Å². The van der Waals surface area contributed by atoms with E-state index in [9.17, 15) is 14.4 Å². The van der Waals surface area contributed by atoms with Gasteiger partial charge in [-0.25, -0.2) is 4.79 Å². The fourth-order valence-electron chi connectivity index (χ4n) is 1.26. The van der Waals surface area contributed by atoms with E-state index in [0.717, 1.165) is 0 Å². The van der Waals surface area contributed by atoms with Crippen LogP contribution in [-0.2, 0) is 9.59 Å². The molecule has 7 nitrogen and oxygen atoms in total. The molecule has 0 aliphatic heterocycles. The lowest BCUT2D eigenvalue weighted by Crippen LogP contribution is -2.43. The topological polar surface area (TPSA) is 98.7 Å². The van der Waals surface area contributed by atoms with E-state index in [2.05, 4.69) is 10.6 Å². The molecule has 0 fully saturated rings. The van der Waals surface area contributed by atoms with Crippen LogP contribution in [-0.4, -0.2) is 53.6 Å². The Morgan fingerprint density at radius 2 is 1.74 bits per heavy atom. The molecule has 0 saturated carbocycles. The zero-order valence-electron chi connectivity index (χ0n) is 11.9. The molecule has 0 rings (SSSR count). The van der Waals surface area contributed by atoms with Gasteiger partial charge in [-0.15, -0.1) is 0 Å². The van der Waals surface area contributed by atoms with Gasteiger partial charge in [0.05, 0.1) is 6.42 Å². The number of carboxylic acid groups (broad SMARTS) is 1. The molecule has 7 heteroatoms. The van der Waals surface area contributed by atoms with Crippen LogP contribution in [0.25, 0.3) is 0 Å². The van der Waals surface area contributed by atoms with E-state index in [1.54, 1.807) is 0 Å². The third-order valence-electron chi connectivity index (χ3n) is 2.15. The van der Waals surface area contributed by atoms with E-state index in [1.165, 1.54) is 11.9 Å². The van der Waals surface area contributed by atoms with Gasteiger partial charge in [0.25, 0.3) is 0 Å². The quantitative estimate of drug-likeness (QED) is 0.652. The lowest BCUT2D eigenvalue weighted by atomic mass is 10.1. The highest BCUT2D eigenvalue weighted by molar-refractivity contribution is 5.78. The van der Waals surface area contributed by atoms with Gasteiger partial charge in [-0.05, 0) is 20.8 Å². The number of carboxylic acids is 1. The summed E-state index contributed by atoms with van der Waals surface area (Å²) in [4.78, 5) is 34.6. The Morgan fingerprint density at radius 1 is 1.16 bits per heavy atom. The minimum absolute atomic E-state index is 0.103. The molecular weight excluding hydrogens is 250 g/mol. The predicted molar refractivity (Wildman–Crippen MR) is 70.8 cm³/mol. The second-order valence-corrected chi connectivity index (χ2v) is 5.35. The van der Waals surface area contributed by atoms with Gasteiger partial charge < -0.3 is 20.6 Å². The standard InChI is InChI=1S/C12H23N3O4/c1-12(2,3)14-9(16)5-7-13-11(19)15(4)8-6-10(17)18/h5-8H2,1-4H3,(H,13,19)(H,14,16)(H,17,18). The minimum atomic E-state index is -0.954. The summed E-state index contributed by atoms with van der Waals surface area (Å²) in [5.41, 5.74) is -0.292. The van der Waals surface area contributed by atoms with Crippen molar-refractivity contribution in [3.8, 4) is 0 Å². The summed E-state index contributed by atoms with van der Waals surface area (Å²) in [6.07, 6.45) is 0.0875. The second-order valence-electron chi connectivity index (χ2n) is 5.35. The SMILES string of the molecule is CN(CCC(=O)O)C(=O)NCCC(=O)NC(C)(C)C. The van der Waals surface area contributed by atoms with Crippen LogP contribution in [0.2, 0.25) is 0 Å². The van der Waals surface area contributed by atoms with Crippen molar-refractivity contribution in [3.05, 3.63) is 0 Å². The number of amides is 3. The average Bonchev–Trinajstić information content (AvgIpc) is 2.22. The summed E-state index contributed by atoms with van der Waals surface area (Å²) in [7, 11) is 1.51. The summed E-state index contributed by atoms with van der Waals surface area (Å²) in [6, 6.07) is -0.384. The monoisotopic (exact) mass is 273 g/mol. The first-order valence-electron chi connectivity index (χ1n) is 6.13. The molecule has 19 heavy (non-hydrogen) atoms. The van der Waals surface area contributed by atoms with Crippen LogP contribution in [0.1, 0.15) is 33.6 Å². The molecular formula is C12H23N3O4. The van der Waals surface area contributed by atoms with Crippen LogP contribution >= 0.6 is 0 Å².